The van der Waals surface area contributed by atoms with Crippen molar-refractivity contribution in [2.24, 2.45) is 0 Å². The average Bonchev–Trinajstić information content (AvgIpc) is 3.89. The van der Waals surface area contributed by atoms with Gasteiger partial charge in [0.1, 0.15) is 5.82 Å². The smallest absolute Gasteiger partial charge is 0.269 e. The first-order valence-electron chi connectivity index (χ1n) is 23.6. The molecule has 0 atom stereocenters. The molecule has 0 saturated carbocycles. The molecular formula is C52H36N6OPt-2. The number of aromatic nitrogens is 5. The van der Waals surface area contributed by atoms with E-state index in [-0.39, 0.29) is 66.0 Å². The van der Waals surface area contributed by atoms with Gasteiger partial charge in [-0.2, -0.15) is 23.5 Å². The van der Waals surface area contributed by atoms with E-state index in [1.807, 2.05) is 34.9 Å². The zero-order valence-corrected chi connectivity index (χ0v) is 34.5. The summed E-state index contributed by atoms with van der Waals surface area (Å²) in [6.45, 7) is 6.40. The Hall–Kier alpha value is -7.13. The molecule has 6 aromatic carbocycles. The summed E-state index contributed by atoms with van der Waals surface area (Å²) in [4.78, 5) is 9.40. The van der Waals surface area contributed by atoms with Crippen LogP contribution >= 0.6 is 0 Å². The fourth-order valence-corrected chi connectivity index (χ4v) is 7.29. The van der Waals surface area contributed by atoms with Gasteiger partial charge in [0.05, 0.1) is 47.9 Å². The third-order valence-corrected chi connectivity index (χ3v) is 10.1. The van der Waals surface area contributed by atoms with Crippen molar-refractivity contribution < 1.29 is 44.1 Å². The third kappa shape index (κ3) is 6.85. The Morgan fingerprint density at radius 1 is 0.717 bits per heavy atom. The van der Waals surface area contributed by atoms with Crippen molar-refractivity contribution in [3.05, 3.63) is 193 Å². The van der Waals surface area contributed by atoms with E-state index in [4.69, 9.17) is 23.4 Å². The van der Waals surface area contributed by atoms with E-state index < -0.39 is 60.4 Å². The maximum Gasteiger partial charge on any atom is 0.269 e. The molecule has 0 aliphatic carbocycles. The molecule has 0 spiro atoms. The number of imidazole rings is 1. The van der Waals surface area contributed by atoms with Crippen LogP contribution in [0.4, 0.5) is 0 Å². The molecule has 60 heavy (non-hydrogen) atoms. The SMILES string of the molecule is [2H]c1c([2H])c([2H])c(-c2cccc(-c3c([2H])c([2H])c([2H])c([2H])c3[2H])c2-[n+]2[c-]n(-c3[c-]c(Oc4[c-]c5c(cc4)c4cc(C#N)ccc4n5-c4cc(C(C)(C)C)ccn4)ccn3)c3ccccc32)c([2H])c1[2H].[Pt]. The molecule has 8 heteroatoms. The quantitative estimate of drug-likeness (QED) is 0.118. The van der Waals surface area contributed by atoms with Crippen LogP contribution in [0.5, 0.6) is 11.5 Å². The summed E-state index contributed by atoms with van der Waals surface area (Å²) in [6, 6.07) is 30.1. The molecule has 4 aromatic heterocycles. The third-order valence-electron chi connectivity index (χ3n) is 10.1. The van der Waals surface area contributed by atoms with Crippen LogP contribution in [-0.4, -0.2) is 19.1 Å². The maximum absolute atomic E-state index is 9.79. The number of pyridine rings is 2. The Bertz CT molecular complexity index is 3710. The molecule has 0 bridgehead atoms. The molecule has 0 fully saturated rings. The molecule has 10 aromatic rings. The summed E-state index contributed by atoms with van der Waals surface area (Å²) < 4.78 is 98.3. The Balaban J connectivity index is 0.00000608. The Kier molecular flexibility index (Phi) is 7.35. The van der Waals surface area contributed by atoms with Crippen LogP contribution in [0.3, 0.4) is 0 Å². The second-order valence-electron chi connectivity index (χ2n) is 14.7. The molecule has 0 aliphatic rings. The molecule has 7 nitrogen and oxygen atoms in total. The molecule has 4 heterocycles. The number of nitriles is 1. The summed E-state index contributed by atoms with van der Waals surface area (Å²) in [6.07, 6.45) is 6.63. The summed E-state index contributed by atoms with van der Waals surface area (Å²) in [5, 5.41) is 11.5. The topological polar surface area (TPSA) is 72.5 Å². The summed E-state index contributed by atoms with van der Waals surface area (Å²) in [5.41, 5.74) is 3.96. The van der Waals surface area contributed by atoms with Crippen molar-refractivity contribution in [1.29, 1.82) is 5.26 Å². The van der Waals surface area contributed by atoms with Gasteiger partial charge in [-0.3, -0.25) is 14.1 Å². The molecular weight excluding hydrogens is 920 g/mol. The standard InChI is InChI=1S/C52H36N6O.Pt/c1-52(2,3)38-25-27-55-50(30-38)58-45-24-21-35(33-53)29-44(45)43-23-22-39(31-48(43)58)59-40-26-28-54-49(32-40)56-34-57(47-20-11-10-19-46(47)56)51-41(36-13-6-4-7-14-36)17-12-18-42(51)37-15-8-5-9-16-37;/h4-30H,1-3H3;/q-2;/i4D,5D,6D,7D,8D,9D,13D,14D,15D,16D;. The first-order valence-corrected chi connectivity index (χ1v) is 18.6. The van der Waals surface area contributed by atoms with Gasteiger partial charge >= 0.3 is 0 Å². The maximum atomic E-state index is 9.79. The van der Waals surface area contributed by atoms with Crippen LogP contribution in [-0.2, 0) is 26.5 Å². The molecule has 0 saturated heterocycles. The predicted octanol–water partition coefficient (Wildman–Crippen LogP) is 11.5. The minimum atomic E-state index is -0.589. The zero-order valence-electron chi connectivity index (χ0n) is 42.2. The van der Waals surface area contributed by atoms with E-state index in [1.165, 1.54) is 6.20 Å². The van der Waals surface area contributed by atoms with Crippen molar-refractivity contribution in [2.75, 3.05) is 0 Å². The number of ether oxygens (including phenoxy) is 1. The number of rotatable bonds is 7. The molecule has 0 unspecified atom stereocenters. The van der Waals surface area contributed by atoms with Gasteiger partial charge < -0.3 is 9.30 Å². The summed E-state index contributed by atoms with van der Waals surface area (Å²) in [5.74, 6) is 1.49. The number of hydrogen-bond acceptors (Lipinski definition) is 4. The number of hydrogen-bond donors (Lipinski definition) is 0. The van der Waals surface area contributed by atoms with Crippen LogP contribution in [0.1, 0.15) is 45.6 Å². The van der Waals surface area contributed by atoms with Crippen LogP contribution in [0, 0.1) is 29.8 Å². The van der Waals surface area contributed by atoms with Gasteiger partial charge in [0, 0.05) is 38.5 Å². The Morgan fingerprint density at radius 3 is 2.13 bits per heavy atom. The first kappa shape index (κ1) is 28.3. The second kappa shape index (κ2) is 15.6. The average molecular weight is 966 g/mol. The molecule has 10 rings (SSSR count). The van der Waals surface area contributed by atoms with Crippen molar-refractivity contribution >= 4 is 32.8 Å². The zero-order chi connectivity index (χ0) is 48.8. The first-order chi connectivity index (χ1) is 33.0. The van der Waals surface area contributed by atoms with Crippen molar-refractivity contribution in [1.82, 2.24) is 19.1 Å². The van der Waals surface area contributed by atoms with E-state index in [9.17, 15) is 5.26 Å². The predicted molar refractivity (Wildman–Crippen MR) is 232 cm³/mol. The van der Waals surface area contributed by atoms with Crippen molar-refractivity contribution in [3.8, 4) is 57.1 Å². The van der Waals surface area contributed by atoms with Crippen molar-refractivity contribution in [3.63, 3.8) is 0 Å². The normalized spacial score (nSPS) is 13.8. The van der Waals surface area contributed by atoms with Gasteiger partial charge in [0.2, 0.25) is 0 Å². The van der Waals surface area contributed by atoms with E-state index in [0.717, 1.165) is 21.9 Å². The van der Waals surface area contributed by atoms with Gasteiger partial charge in [-0.15, -0.1) is 17.5 Å². The molecule has 0 amide bonds. The second-order valence-corrected chi connectivity index (χ2v) is 14.7. The van der Waals surface area contributed by atoms with Gasteiger partial charge in [-0.05, 0) is 74.7 Å². The Morgan fingerprint density at radius 2 is 1.42 bits per heavy atom. The largest absolute Gasteiger partial charge is 0.522 e. The molecule has 0 N–H and O–H groups in total. The van der Waals surface area contributed by atoms with E-state index >= 15 is 0 Å². The van der Waals surface area contributed by atoms with Crippen LogP contribution in [0.2, 0.25) is 0 Å². The van der Waals surface area contributed by atoms with Crippen LogP contribution in [0.15, 0.2) is 164 Å². The fraction of sp³-hybridized carbons (Fsp3) is 0.0769. The summed E-state index contributed by atoms with van der Waals surface area (Å²) in [7, 11) is 0. The molecule has 292 valence electrons. The number of benzene rings is 6. The van der Waals surface area contributed by atoms with E-state index in [1.54, 1.807) is 76.0 Å². The van der Waals surface area contributed by atoms with Gasteiger partial charge in [0.15, 0.2) is 0 Å². The minimum Gasteiger partial charge on any atom is -0.522 e. The summed E-state index contributed by atoms with van der Waals surface area (Å²) >= 11 is 0. The van der Waals surface area contributed by atoms with E-state index in [0.29, 0.717) is 33.7 Å². The number of fused-ring (bicyclic) bond motifs is 4. The van der Waals surface area contributed by atoms with Crippen LogP contribution < -0.4 is 9.30 Å². The number of para-hydroxylation sites is 3. The van der Waals surface area contributed by atoms with Gasteiger partial charge in [-0.1, -0.05) is 135 Å². The van der Waals surface area contributed by atoms with E-state index in [2.05, 4.69) is 50.3 Å². The van der Waals surface area contributed by atoms with Crippen LogP contribution in [0.25, 0.3) is 72.4 Å². The van der Waals surface area contributed by atoms with Gasteiger partial charge in [-0.25, -0.2) is 4.98 Å². The molecule has 0 aliphatic heterocycles. The Labute approximate surface area is 376 Å². The fourth-order valence-electron chi connectivity index (χ4n) is 7.29. The van der Waals surface area contributed by atoms with Gasteiger partial charge in [0.25, 0.3) is 6.33 Å². The molecule has 0 radical (unpaired) electrons. The van der Waals surface area contributed by atoms with Crippen molar-refractivity contribution in [2.45, 2.75) is 26.2 Å². The number of nitrogens with zero attached hydrogens (tertiary/aromatic N) is 6. The monoisotopic (exact) mass is 965 g/mol. The minimum absolute atomic E-state index is 0.